The maximum Gasteiger partial charge on any atom is 0.193 e. The number of ether oxygens (including phenoxy) is 1. The van der Waals surface area contributed by atoms with E-state index in [9.17, 15) is 0 Å². The van der Waals surface area contributed by atoms with Gasteiger partial charge in [-0.3, -0.25) is 9.89 Å². The van der Waals surface area contributed by atoms with E-state index in [0.29, 0.717) is 5.92 Å². The van der Waals surface area contributed by atoms with Crippen LogP contribution in [0.25, 0.3) is 0 Å². The molecule has 0 saturated carbocycles. The summed E-state index contributed by atoms with van der Waals surface area (Å²) in [6.45, 7) is 10.5. The highest BCUT2D eigenvalue weighted by atomic mass is 32.1. The monoisotopic (exact) mass is 406 g/mol. The number of hydrogen-bond donors (Lipinski definition) is 1. The molecule has 0 aliphatic carbocycles. The van der Waals surface area contributed by atoms with Gasteiger partial charge in [-0.1, -0.05) is 6.07 Å². The number of thiophene rings is 1. The Morgan fingerprint density at radius 1 is 1.32 bits per heavy atom. The maximum absolute atomic E-state index is 5.49. The summed E-state index contributed by atoms with van der Waals surface area (Å²) in [7, 11) is 2.19. The Balaban J connectivity index is 1.46. The average molecular weight is 407 g/mol. The van der Waals surface area contributed by atoms with Crippen LogP contribution in [0.4, 0.5) is 0 Å². The first-order chi connectivity index (χ1) is 13.7. The second kappa shape index (κ2) is 11.8. The number of rotatable bonds is 8. The molecule has 2 aliphatic rings. The lowest BCUT2D eigenvalue weighted by atomic mass is 9.96. The summed E-state index contributed by atoms with van der Waals surface area (Å²) in [5, 5.41) is 5.68. The molecule has 1 N–H and O–H groups in total. The third-order valence-electron chi connectivity index (χ3n) is 5.97. The van der Waals surface area contributed by atoms with Crippen LogP contribution in [0.3, 0.4) is 0 Å². The highest BCUT2D eigenvalue weighted by Crippen LogP contribution is 2.21. The predicted octanol–water partition coefficient (Wildman–Crippen LogP) is 3.67. The summed E-state index contributed by atoms with van der Waals surface area (Å²) in [6, 6.07) is 4.41. The summed E-state index contributed by atoms with van der Waals surface area (Å²) in [6.07, 6.45) is 6.26. The van der Waals surface area contributed by atoms with Gasteiger partial charge in [0.05, 0.1) is 0 Å². The summed E-state index contributed by atoms with van der Waals surface area (Å²) < 4.78 is 5.49. The zero-order chi connectivity index (χ0) is 19.6. The molecular weight excluding hydrogens is 368 g/mol. The van der Waals surface area contributed by atoms with Gasteiger partial charge >= 0.3 is 0 Å². The third-order valence-corrected chi connectivity index (χ3v) is 6.83. The lowest BCUT2D eigenvalue weighted by molar-refractivity contribution is 0.0625. The molecule has 0 amide bonds. The van der Waals surface area contributed by atoms with Gasteiger partial charge in [0.15, 0.2) is 5.96 Å². The second-order valence-corrected chi connectivity index (χ2v) is 9.32. The minimum Gasteiger partial charge on any atom is -0.381 e. The molecule has 1 atom stereocenters. The van der Waals surface area contributed by atoms with Gasteiger partial charge in [0.2, 0.25) is 0 Å². The lowest BCUT2D eigenvalue weighted by Gasteiger charge is -2.32. The summed E-state index contributed by atoms with van der Waals surface area (Å²) in [4.78, 5) is 11.4. The fraction of sp³-hybridized carbons (Fsp3) is 0.773. The Hall–Kier alpha value is -1.11. The number of hydrogen-bond acceptors (Lipinski definition) is 4. The van der Waals surface area contributed by atoms with Crippen molar-refractivity contribution in [2.45, 2.75) is 45.6 Å². The van der Waals surface area contributed by atoms with Crippen LogP contribution in [0.15, 0.2) is 22.5 Å². The van der Waals surface area contributed by atoms with Gasteiger partial charge in [-0.05, 0) is 68.9 Å². The molecule has 0 aromatic carbocycles. The minimum atomic E-state index is 0.672. The van der Waals surface area contributed by atoms with Crippen LogP contribution in [0.5, 0.6) is 0 Å². The van der Waals surface area contributed by atoms with Crippen LogP contribution in [-0.2, 0) is 11.3 Å². The van der Waals surface area contributed by atoms with Crippen LogP contribution in [0.1, 0.15) is 43.9 Å². The Kier molecular flexibility index (Phi) is 9.09. The molecule has 28 heavy (non-hydrogen) atoms. The molecule has 0 radical (unpaired) electrons. The van der Waals surface area contributed by atoms with E-state index in [4.69, 9.17) is 9.73 Å². The Labute approximate surface area is 175 Å². The van der Waals surface area contributed by atoms with E-state index in [2.05, 4.69) is 46.6 Å². The highest BCUT2D eigenvalue weighted by molar-refractivity contribution is 7.09. The summed E-state index contributed by atoms with van der Waals surface area (Å²) in [5.41, 5.74) is 0. The number of likely N-dealkylation sites (tertiary alicyclic amines) is 1. The van der Waals surface area contributed by atoms with Crippen LogP contribution in [0, 0.1) is 11.8 Å². The quantitative estimate of drug-likeness (QED) is 0.528. The molecule has 0 bridgehead atoms. The first-order valence-electron chi connectivity index (χ1n) is 11.1. The Morgan fingerprint density at radius 2 is 2.18 bits per heavy atom. The van der Waals surface area contributed by atoms with Crippen LogP contribution < -0.4 is 5.32 Å². The van der Waals surface area contributed by atoms with Gasteiger partial charge in [0.25, 0.3) is 0 Å². The molecule has 2 fully saturated rings. The maximum atomic E-state index is 5.49. The van der Waals surface area contributed by atoms with Crippen LogP contribution in [-0.4, -0.2) is 68.7 Å². The first-order valence-corrected chi connectivity index (χ1v) is 11.9. The zero-order valence-corrected chi connectivity index (χ0v) is 18.6. The number of nitrogens with one attached hydrogen (secondary N) is 1. The normalized spacial score (nSPS) is 22.4. The second-order valence-electron chi connectivity index (χ2n) is 8.28. The molecule has 2 aliphatic heterocycles. The van der Waals surface area contributed by atoms with E-state index in [1.54, 1.807) is 0 Å². The van der Waals surface area contributed by atoms with E-state index in [1.165, 1.54) is 50.1 Å². The van der Waals surface area contributed by atoms with Crippen molar-refractivity contribution < 1.29 is 4.74 Å². The van der Waals surface area contributed by atoms with Crippen molar-refractivity contribution in [1.82, 2.24) is 15.1 Å². The van der Waals surface area contributed by atoms with Crippen molar-refractivity contribution in [3.8, 4) is 0 Å². The van der Waals surface area contributed by atoms with Crippen molar-refractivity contribution in [2.24, 2.45) is 16.8 Å². The molecule has 2 saturated heterocycles. The van der Waals surface area contributed by atoms with Crippen molar-refractivity contribution in [3.63, 3.8) is 0 Å². The number of aliphatic imine (C=N–C) groups is 1. The zero-order valence-electron chi connectivity index (χ0n) is 17.7. The van der Waals surface area contributed by atoms with Crippen molar-refractivity contribution in [3.05, 3.63) is 22.4 Å². The van der Waals surface area contributed by atoms with Crippen molar-refractivity contribution >= 4 is 17.3 Å². The van der Waals surface area contributed by atoms with Crippen molar-refractivity contribution in [2.75, 3.05) is 53.0 Å². The molecule has 5 nitrogen and oxygen atoms in total. The Bertz CT molecular complexity index is 571. The van der Waals surface area contributed by atoms with E-state index in [1.807, 2.05) is 11.3 Å². The molecule has 1 aromatic heterocycles. The van der Waals surface area contributed by atoms with E-state index in [-0.39, 0.29) is 0 Å². The SMILES string of the molecule is CCNC(=NCC1CCCN(Cc2cccs2)C1)N(C)CCC1CCOCC1. The molecule has 158 valence electrons. The third kappa shape index (κ3) is 7.05. The molecule has 0 spiro atoms. The van der Waals surface area contributed by atoms with Gasteiger partial charge in [-0.2, -0.15) is 0 Å². The minimum absolute atomic E-state index is 0.672. The smallest absolute Gasteiger partial charge is 0.193 e. The molecular formula is C22H38N4OS. The summed E-state index contributed by atoms with van der Waals surface area (Å²) >= 11 is 1.87. The van der Waals surface area contributed by atoms with Crippen molar-refractivity contribution in [1.29, 1.82) is 0 Å². The van der Waals surface area contributed by atoms with Gasteiger partial charge < -0.3 is 15.0 Å². The molecule has 1 unspecified atom stereocenters. The Morgan fingerprint density at radius 3 is 2.93 bits per heavy atom. The van der Waals surface area contributed by atoms with Gasteiger partial charge in [0.1, 0.15) is 0 Å². The molecule has 6 heteroatoms. The number of nitrogens with zero attached hydrogens (tertiary/aromatic N) is 3. The molecule has 3 heterocycles. The summed E-state index contributed by atoms with van der Waals surface area (Å²) in [5.74, 6) is 2.56. The number of piperidine rings is 1. The standard InChI is InChI=1S/C22H38N4OS/c1-3-23-22(25(2)12-8-19-9-13-27-14-10-19)24-16-20-6-4-11-26(17-20)18-21-7-5-15-28-21/h5,7,15,19-20H,3-4,6,8-14,16-18H2,1-2H3,(H,23,24). The lowest BCUT2D eigenvalue weighted by Crippen LogP contribution is -2.41. The first kappa shape index (κ1) is 21.6. The largest absolute Gasteiger partial charge is 0.381 e. The fourth-order valence-corrected chi connectivity index (χ4v) is 5.02. The average Bonchev–Trinajstić information content (AvgIpc) is 3.23. The van der Waals surface area contributed by atoms with E-state index in [0.717, 1.165) is 51.3 Å². The van der Waals surface area contributed by atoms with Crippen LogP contribution in [0.2, 0.25) is 0 Å². The van der Waals surface area contributed by atoms with Gasteiger partial charge in [-0.15, -0.1) is 11.3 Å². The molecule has 1 aromatic rings. The topological polar surface area (TPSA) is 40.1 Å². The highest BCUT2D eigenvalue weighted by Gasteiger charge is 2.21. The van der Waals surface area contributed by atoms with E-state index >= 15 is 0 Å². The van der Waals surface area contributed by atoms with Gasteiger partial charge in [0, 0.05) is 57.9 Å². The van der Waals surface area contributed by atoms with Gasteiger partial charge in [-0.25, -0.2) is 0 Å². The predicted molar refractivity (Wildman–Crippen MR) is 119 cm³/mol. The molecule has 3 rings (SSSR count). The fourth-order valence-electron chi connectivity index (χ4n) is 4.27. The van der Waals surface area contributed by atoms with Crippen LogP contribution >= 0.6 is 11.3 Å². The number of guanidine groups is 1. The van der Waals surface area contributed by atoms with E-state index < -0.39 is 0 Å².